The Bertz CT molecular complexity index is 398. The maximum Gasteiger partial charge on any atom is 0.222 e. The molecule has 3 nitrogen and oxygen atoms in total. The Labute approximate surface area is 116 Å². The molecule has 19 heavy (non-hydrogen) atoms. The molecule has 2 atom stereocenters. The third kappa shape index (κ3) is 3.80. The van der Waals surface area contributed by atoms with E-state index in [1.807, 2.05) is 30.1 Å². The Hall–Kier alpha value is -1.35. The minimum Gasteiger partial charge on any atom is -0.339 e. The standard InChI is InChI=1S/C16H24N2O/c1-13(15-6-4-3-5-7-15)18(2)16(19)9-8-14-10-11-17-12-14/h3-7,13-14,17H,8-12H2,1-2H3. The van der Waals surface area contributed by atoms with Gasteiger partial charge >= 0.3 is 0 Å². The number of carbonyl (C=O) groups excluding carboxylic acids is 1. The number of rotatable bonds is 5. The van der Waals surface area contributed by atoms with Crippen LogP contribution in [0.2, 0.25) is 0 Å². The van der Waals surface area contributed by atoms with Crippen molar-refractivity contribution in [2.45, 2.75) is 32.2 Å². The van der Waals surface area contributed by atoms with Crippen LogP contribution in [0.1, 0.15) is 37.8 Å². The Morgan fingerprint density at radius 3 is 2.79 bits per heavy atom. The van der Waals surface area contributed by atoms with Crippen LogP contribution in [0.25, 0.3) is 0 Å². The molecular weight excluding hydrogens is 236 g/mol. The van der Waals surface area contributed by atoms with Crippen molar-refractivity contribution in [3.05, 3.63) is 35.9 Å². The van der Waals surface area contributed by atoms with Gasteiger partial charge in [-0.3, -0.25) is 4.79 Å². The summed E-state index contributed by atoms with van der Waals surface area (Å²) < 4.78 is 0. The Morgan fingerprint density at radius 2 is 2.16 bits per heavy atom. The number of hydrogen-bond donors (Lipinski definition) is 1. The summed E-state index contributed by atoms with van der Waals surface area (Å²) in [5.74, 6) is 0.938. The van der Waals surface area contributed by atoms with Crippen LogP contribution in [0.3, 0.4) is 0 Å². The second-order valence-electron chi connectivity index (χ2n) is 5.49. The summed E-state index contributed by atoms with van der Waals surface area (Å²) in [5.41, 5.74) is 1.20. The molecule has 1 aromatic rings. The van der Waals surface area contributed by atoms with Crippen molar-refractivity contribution < 1.29 is 4.79 Å². The highest BCUT2D eigenvalue weighted by Gasteiger charge is 2.20. The molecule has 1 aliphatic heterocycles. The summed E-state index contributed by atoms with van der Waals surface area (Å²) in [7, 11) is 1.91. The summed E-state index contributed by atoms with van der Waals surface area (Å²) >= 11 is 0. The summed E-state index contributed by atoms with van der Waals surface area (Å²) in [6, 6.07) is 10.4. The predicted octanol–water partition coefficient (Wildman–Crippen LogP) is 2.60. The molecule has 0 bridgehead atoms. The zero-order valence-electron chi connectivity index (χ0n) is 11.9. The molecule has 1 aliphatic rings. The van der Waals surface area contributed by atoms with Gasteiger partial charge in [0, 0.05) is 13.5 Å². The highest BCUT2D eigenvalue weighted by Crippen LogP contribution is 2.21. The van der Waals surface area contributed by atoms with Crippen LogP contribution in [-0.4, -0.2) is 30.9 Å². The first-order valence-corrected chi connectivity index (χ1v) is 7.20. The van der Waals surface area contributed by atoms with E-state index >= 15 is 0 Å². The third-order valence-corrected chi connectivity index (χ3v) is 4.19. The third-order valence-electron chi connectivity index (χ3n) is 4.19. The molecule has 2 unspecified atom stereocenters. The lowest BCUT2D eigenvalue weighted by atomic mass is 10.0. The van der Waals surface area contributed by atoms with Crippen molar-refractivity contribution in [1.82, 2.24) is 10.2 Å². The van der Waals surface area contributed by atoms with Gasteiger partial charge in [0.1, 0.15) is 0 Å². The number of nitrogens with zero attached hydrogens (tertiary/aromatic N) is 1. The molecule has 1 fully saturated rings. The van der Waals surface area contributed by atoms with Crippen molar-refractivity contribution in [1.29, 1.82) is 0 Å². The van der Waals surface area contributed by atoms with Crippen molar-refractivity contribution in [2.24, 2.45) is 5.92 Å². The molecule has 1 N–H and O–H groups in total. The quantitative estimate of drug-likeness (QED) is 0.882. The van der Waals surface area contributed by atoms with Gasteiger partial charge in [0.25, 0.3) is 0 Å². The Morgan fingerprint density at radius 1 is 1.42 bits per heavy atom. The first kappa shape index (κ1) is 14.1. The lowest BCUT2D eigenvalue weighted by Gasteiger charge is -2.26. The SMILES string of the molecule is CC(c1ccccc1)N(C)C(=O)CCC1CCNC1. The van der Waals surface area contributed by atoms with E-state index in [0.717, 1.165) is 19.5 Å². The normalized spacial score (nSPS) is 20.2. The molecule has 2 rings (SSSR count). The van der Waals surface area contributed by atoms with Crippen molar-refractivity contribution in [3.63, 3.8) is 0 Å². The van der Waals surface area contributed by atoms with Gasteiger partial charge in [0.2, 0.25) is 5.91 Å². The summed E-state index contributed by atoms with van der Waals surface area (Å²) in [6.45, 7) is 4.27. The van der Waals surface area contributed by atoms with Crippen LogP contribution in [0.4, 0.5) is 0 Å². The molecule has 0 aromatic heterocycles. The fourth-order valence-corrected chi connectivity index (χ4v) is 2.64. The zero-order valence-corrected chi connectivity index (χ0v) is 11.9. The van der Waals surface area contributed by atoms with E-state index in [0.29, 0.717) is 12.3 Å². The van der Waals surface area contributed by atoms with Crippen molar-refractivity contribution in [3.8, 4) is 0 Å². The number of amides is 1. The van der Waals surface area contributed by atoms with E-state index in [2.05, 4.69) is 24.4 Å². The average Bonchev–Trinajstić information content (AvgIpc) is 2.97. The fraction of sp³-hybridized carbons (Fsp3) is 0.562. The van der Waals surface area contributed by atoms with E-state index in [1.54, 1.807) is 0 Å². The van der Waals surface area contributed by atoms with Gasteiger partial charge in [-0.2, -0.15) is 0 Å². The first-order chi connectivity index (χ1) is 9.18. The lowest BCUT2D eigenvalue weighted by Crippen LogP contribution is -2.29. The van der Waals surface area contributed by atoms with Crippen LogP contribution in [0.5, 0.6) is 0 Å². The topological polar surface area (TPSA) is 32.3 Å². The molecule has 0 saturated carbocycles. The summed E-state index contributed by atoms with van der Waals surface area (Å²) in [6.07, 6.45) is 2.89. The van der Waals surface area contributed by atoms with Gasteiger partial charge < -0.3 is 10.2 Å². The van der Waals surface area contributed by atoms with Gasteiger partial charge in [0.05, 0.1) is 6.04 Å². The maximum absolute atomic E-state index is 12.2. The second-order valence-corrected chi connectivity index (χ2v) is 5.49. The van der Waals surface area contributed by atoms with Crippen LogP contribution in [-0.2, 0) is 4.79 Å². The predicted molar refractivity (Wildman–Crippen MR) is 77.8 cm³/mol. The van der Waals surface area contributed by atoms with E-state index in [-0.39, 0.29) is 11.9 Å². The smallest absolute Gasteiger partial charge is 0.222 e. The number of benzene rings is 1. The van der Waals surface area contributed by atoms with Crippen molar-refractivity contribution in [2.75, 3.05) is 20.1 Å². The Balaban J connectivity index is 1.84. The minimum absolute atomic E-state index is 0.149. The minimum atomic E-state index is 0.149. The first-order valence-electron chi connectivity index (χ1n) is 7.20. The molecular formula is C16H24N2O. The molecule has 1 aromatic carbocycles. The summed E-state index contributed by atoms with van der Waals surface area (Å²) in [5, 5.41) is 3.35. The van der Waals surface area contributed by atoms with E-state index < -0.39 is 0 Å². The maximum atomic E-state index is 12.2. The van der Waals surface area contributed by atoms with Gasteiger partial charge in [-0.1, -0.05) is 30.3 Å². The number of nitrogens with one attached hydrogen (secondary N) is 1. The van der Waals surface area contributed by atoms with Gasteiger partial charge in [-0.05, 0) is 44.3 Å². The van der Waals surface area contributed by atoms with Crippen LogP contribution in [0, 0.1) is 5.92 Å². The van der Waals surface area contributed by atoms with Gasteiger partial charge in [-0.15, -0.1) is 0 Å². The lowest BCUT2D eigenvalue weighted by molar-refractivity contribution is -0.132. The number of carbonyl (C=O) groups is 1. The monoisotopic (exact) mass is 260 g/mol. The van der Waals surface area contributed by atoms with Crippen molar-refractivity contribution >= 4 is 5.91 Å². The summed E-state index contributed by atoms with van der Waals surface area (Å²) in [4.78, 5) is 14.1. The highest BCUT2D eigenvalue weighted by molar-refractivity contribution is 5.76. The van der Waals surface area contributed by atoms with Crippen LogP contribution < -0.4 is 5.32 Å². The molecule has 1 amide bonds. The largest absolute Gasteiger partial charge is 0.339 e. The van der Waals surface area contributed by atoms with E-state index in [9.17, 15) is 4.79 Å². The molecule has 1 saturated heterocycles. The second kappa shape index (κ2) is 6.71. The van der Waals surface area contributed by atoms with E-state index in [1.165, 1.54) is 12.0 Å². The molecule has 0 radical (unpaired) electrons. The average molecular weight is 260 g/mol. The molecule has 0 spiro atoms. The molecule has 0 aliphatic carbocycles. The van der Waals surface area contributed by atoms with Crippen LogP contribution >= 0.6 is 0 Å². The number of hydrogen-bond acceptors (Lipinski definition) is 2. The highest BCUT2D eigenvalue weighted by atomic mass is 16.2. The molecule has 3 heteroatoms. The Kier molecular flexibility index (Phi) is 4.97. The molecule has 1 heterocycles. The molecule has 104 valence electrons. The zero-order chi connectivity index (χ0) is 13.7. The van der Waals surface area contributed by atoms with E-state index in [4.69, 9.17) is 0 Å². The fourth-order valence-electron chi connectivity index (χ4n) is 2.64. The van der Waals surface area contributed by atoms with Gasteiger partial charge in [0.15, 0.2) is 0 Å². The van der Waals surface area contributed by atoms with Gasteiger partial charge in [-0.25, -0.2) is 0 Å². The van der Waals surface area contributed by atoms with Crippen LogP contribution in [0.15, 0.2) is 30.3 Å².